The van der Waals surface area contributed by atoms with E-state index >= 15 is 0 Å². The lowest BCUT2D eigenvalue weighted by molar-refractivity contribution is -0.559. The van der Waals surface area contributed by atoms with Gasteiger partial charge in [0.2, 0.25) is 0 Å². The van der Waals surface area contributed by atoms with Gasteiger partial charge in [0.1, 0.15) is 0 Å². The molecule has 0 fully saturated rings. The summed E-state index contributed by atoms with van der Waals surface area (Å²) in [7, 11) is 0. The predicted octanol–water partition coefficient (Wildman–Crippen LogP) is 2.99. The van der Waals surface area contributed by atoms with Gasteiger partial charge in [-0.2, -0.15) is 0 Å². The Morgan fingerprint density at radius 2 is 1.82 bits per heavy atom. The molecule has 6 heteroatoms. The molecule has 1 rings (SSSR count). The molecule has 0 N–H and O–H groups in total. The standard InChI is InChI=1S/C11H13N3O3/c1-8(15)9-4-6-10(7-5-9)12-13-11(2,3)14(16)17/h4-7H,1-3H3. The number of nitro groups is 1. The highest BCUT2D eigenvalue weighted by molar-refractivity contribution is 5.94. The second kappa shape index (κ2) is 4.82. The predicted molar refractivity (Wildman–Crippen MR) is 62.0 cm³/mol. The van der Waals surface area contributed by atoms with Crippen LogP contribution in [0.15, 0.2) is 34.5 Å². The van der Waals surface area contributed by atoms with Gasteiger partial charge in [0.05, 0.1) is 10.6 Å². The third kappa shape index (κ3) is 3.44. The minimum absolute atomic E-state index is 0.0425. The summed E-state index contributed by atoms with van der Waals surface area (Å²) in [5.74, 6) is -0.0425. The van der Waals surface area contributed by atoms with E-state index in [1.165, 1.54) is 20.8 Å². The molecule has 0 spiro atoms. The first-order chi connectivity index (χ1) is 7.83. The molecule has 0 bridgehead atoms. The van der Waals surface area contributed by atoms with Crippen LogP contribution in [-0.2, 0) is 0 Å². The average Bonchev–Trinajstić information content (AvgIpc) is 2.27. The van der Waals surface area contributed by atoms with Crippen LogP contribution in [0.5, 0.6) is 0 Å². The van der Waals surface area contributed by atoms with Gasteiger partial charge in [-0.25, -0.2) is 0 Å². The van der Waals surface area contributed by atoms with E-state index in [9.17, 15) is 14.9 Å². The van der Waals surface area contributed by atoms with Gasteiger partial charge in [0.15, 0.2) is 5.78 Å². The van der Waals surface area contributed by atoms with Crippen LogP contribution in [0.3, 0.4) is 0 Å². The van der Waals surface area contributed by atoms with Gasteiger partial charge < -0.3 is 0 Å². The van der Waals surface area contributed by atoms with Crippen LogP contribution in [-0.4, -0.2) is 16.4 Å². The van der Waals surface area contributed by atoms with Crippen molar-refractivity contribution in [2.24, 2.45) is 10.2 Å². The van der Waals surface area contributed by atoms with Crippen molar-refractivity contribution in [3.63, 3.8) is 0 Å². The fourth-order valence-electron chi connectivity index (χ4n) is 0.979. The molecular formula is C11H13N3O3. The van der Waals surface area contributed by atoms with Gasteiger partial charge >= 0.3 is 5.66 Å². The van der Waals surface area contributed by atoms with Crippen LogP contribution in [0.1, 0.15) is 31.1 Å². The quantitative estimate of drug-likeness (QED) is 0.348. The monoisotopic (exact) mass is 235 g/mol. The highest BCUT2D eigenvalue weighted by atomic mass is 16.6. The van der Waals surface area contributed by atoms with Gasteiger partial charge in [-0.3, -0.25) is 14.9 Å². The Balaban J connectivity index is 2.86. The number of ketones is 1. The first-order valence-corrected chi connectivity index (χ1v) is 5.01. The molecule has 0 amide bonds. The molecule has 17 heavy (non-hydrogen) atoms. The maximum Gasteiger partial charge on any atom is 0.324 e. The van der Waals surface area contributed by atoms with E-state index in [4.69, 9.17) is 0 Å². The number of nitrogens with zero attached hydrogens (tertiary/aromatic N) is 3. The summed E-state index contributed by atoms with van der Waals surface area (Å²) in [5.41, 5.74) is -0.401. The number of carbonyl (C=O) groups excluding carboxylic acids is 1. The third-order valence-corrected chi connectivity index (χ3v) is 2.13. The maximum absolute atomic E-state index is 11.0. The Morgan fingerprint density at radius 1 is 1.29 bits per heavy atom. The number of rotatable bonds is 4. The maximum atomic E-state index is 11.0. The van der Waals surface area contributed by atoms with Crippen LogP contribution in [0.4, 0.5) is 5.69 Å². The summed E-state index contributed by atoms with van der Waals surface area (Å²) in [4.78, 5) is 21.1. The summed E-state index contributed by atoms with van der Waals surface area (Å²) < 4.78 is 0. The van der Waals surface area contributed by atoms with Gasteiger partial charge in [-0.15, -0.1) is 10.2 Å². The normalized spacial score (nSPS) is 11.7. The molecule has 0 aliphatic rings. The van der Waals surface area contributed by atoms with Crippen LogP contribution in [0, 0.1) is 10.1 Å². The van der Waals surface area contributed by atoms with Gasteiger partial charge in [0, 0.05) is 19.4 Å². The van der Waals surface area contributed by atoms with Crippen molar-refractivity contribution in [1.82, 2.24) is 0 Å². The molecule has 1 aromatic rings. The third-order valence-electron chi connectivity index (χ3n) is 2.13. The minimum Gasteiger partial charge on any atom is -0.295 e. The number of hydrogen-bond donors (Lipinski definition) is 0. The number of hydrogen-bond acceptors (Lipinski definition) is 5. The van der Waals surface area contributed by atoms with Crippen molar-refractivity contribution in [1.29, 1.82) is 0 Å². The van der Waals surface area contributed by atoms with Crippen LogP contribution >= 0.6 is 0 Å². The highest BCUT2D eigenvalue weighted by Gasteiger charge is 2.29. The number of Topliss-reactive ketones (excluding diaryl/α,β-unsaturated/α-hetero) is 1. The topological polar surface area (TPSA) is 84.9 Å². The summed E-state index contributed by atoms with van der Waals surface area (Å²) in [6.07, 6.45) is 0. The van der Waals surface area contributed by atoms with E-state index in [0.29, 0.717) is 11.3 Å². The smallest absolute Gasteiger partial charge is 0.295 e. The molecule has 0 saturated carbocycles. The highest BCUT2D eigenvalue weighted by Crippen LogP contribution is 2.18. The van der Waals surface area contributed by atoms with Crippen molar-refractivity contribution in [3.05, 3.63) is 39.9 Å². The summed E-state index contributed by atoms with van der Waals surface area (Å²) in [6.45, 7) is 4.19. The average molecular weight is 235 g/mol. The van der Waals surface area contributed by atoms with Crippen LogP contribution < -0.4 is 0 Å². The van der Waals surface area contributed by atoms with Crippen molar-refractivity contribution >= 4 is 11.5 Å². The largest absolute Gasteiger partial charge is 0.324 e. The first-order valence-electron chi connectivity index (χ1n) is 5.01. The van der Waals surface area contributed by atoms with E-state index in [1.54, 1.807) is 24.3 Å². The lowest BCUT2D eigenvalue weighted by atomic mass is 10.1. The Labute approximate surface area is 98.5 Å². The number of azo groups is 1. The number of benzene rings is 1. The molecule has 1 aromatic carbocycles. The van der Waals surface area contributed by atoms with Gasteiger partial charge in [-0.1, -0.05) is 0 Å². The van der Waals surface area contributed by atoms with E-state index in [2.05, 4.69) is 10.2 Å². The fourth-order valence-corrected chi connectivity index (χ4v) is 0.979. The molecule has 90 valence electrons. The molecular weight excluding hydrogens is 222 g/mol. The molecule has 0 aliphatic heterocycles. The fraction of sp³-hybridized carbons (Fsp3) is 0.364. The molecule has 0 unspecified atom stereocenters. The molecule has 0 aliphatic carbocycles. The zero-order chi connectivity index (χ0) is 13.1. The van der Waals surface area contributed by atoms with Crippen LogP contribution in [0.2, 0.25) is 0 Å². The second-order valence-corrected chi connectivity index (χ2v) is 4.05. The Morgan fingerprint density at radius 3 is 2.24 bits per heavy atom. The zero-order valence-electron chi connectivity index (χ0n) is 9.88. The molecule has 6 nitrogen and oxygen atoms in total. The van der Waals surface area contributed by atoms with Crippen molar-refractivity contribution in [3.8, 4) is 0 Å². The molecule has 0 aromatic heterocycles. The van der Waals surface area contributed by atoms with E-state index in [-0.39, 0.29) is 5.78 Å². The van der Waals surface area contributed by atoms with E-state index < -0.39 is 10.6 Å². The zero-order valence-corrected chi connectivity index (χ0v) is 9.88. The van der Waals surface area contributed by atoms with E-state index in [0.717, 1.165) is 0 Å². The Kier molecular flexibility index (Phi) is 3.67. The molecule has 0 radical (unpaired) electrons. The SMILES string of the molecule is CC(=O)c1ccc(N=NC(C)(C)[N+](=O)[O-])cc1. The van der Waals surface area contributed by atoms with Gasteiger partial charge in [-0.05, 0) is 31.2 Å². The van der Waals surface area contributed by atoms with Crippen molar-refractivity contribution in [2.75, 3.05) is 0 Å². The summed E-state index contributed by atoms with van der Waals surface area (Å²) in [6, 6.07) is 6.40. The molecule has 0 saturated heterocycles. The summed E-state index contributed by atoms with van der Waals surface area (Å²) in [5, 5.41) is 18.0. The lowest BCUT2D eigenvalue weighted by Gasteiger charge is -2.07. The lowest BCUT2D eigenvalue weighted by Crippen LogP contribution is -2.27. The van der Waals surface area contributed by atoms with E-state index in [1.807, 2.05) is 0 Å². The minimum atomic E-state index is -1.45. The van der Waals surface area contributed by atoms with Crippen molar-refractivity contribution in [2.45, 2.75) is 26.4 Å². The first kappa shape index (κ1) is 13.0. The number of carbonyl (C=O) groups is 1. The Bertz CT molecular complexity index is 463. The Hall–Kier alpha value is -2.11. The summed E-state index contributed by atoms with van der Waals surface area (Å²) >= 11 is 0. The molecule has 0 atom stereocenters. The molecule has 0 heterocycles. The van der Waals surface area contributed by atoms with Gasteiger partial charge in [0.25, 0.3) is 0 Å². The second-order valence-electron chi connectivity index (χ2n) is 4.05. The van der Waals surface area contributed by atoms with Crippen molar-refractivity contribution < 1.29 is 9.72 Å². The van der Waals surface area contributed by atoms with Crippen LogP contribution in [0.25, 0.3) is 0 Å².